The van der Waals surface area contributed by atoms with Gasteiger partial charge in [0.1, 0.15) is 11.6 Å². The van der Waals surface area contributed by atoms with Gasteiger partial charge < -0.3 is 15.0 Å². The standard InChI is InChI=1S/C27H21F2N3O3/c28-20-12-19(13-21(15-20)31-27(34)23-3-1-2-4-24(23)29)26(33)17-5-6-25-18(11-17)14-22(16-30-25)32-7-9-35-10-8-32/h1-6,11-16H,7-10H2,(H,31,34). The highest BCUT2D eigenvalue weighted by Crippen LogP contribution is 2.24. The lowest BCUT2D eigenvalue weighted by atomic mass is 10.0. The number of rotatable bonds is 5. The molecule has 1 N–H and O–H groups in total. The number of hydrogen-bond donors (Lipinski definition) is 1. The Hall–Kier alpha value is -4.17. The Kier molecular flexibility index (Phi) is 6.20. The van der Waals surface area contributed by atoms with E-state index in [-0.39, 0.29) is 16.8 Å². The molecule has 6 nitrogen and oxygen atoms in total. The Balaban J connectivity index is 1.42. The van der Waals surface area contributed by atoms with E-state index in [9.17, 15) is 18.4 Å². The van der Waals surface area contributed by atoms with Crippen molar-refractivity contribution >= 4 is 34.0 Å². The fraction of sp³-hybridized carbons (Fsp3) is 0.148. The maximum absolute atomic E-state index is 14.3. The molecule has 1 aliphatic heterocycles. The van der Waals surface area contributed by atoms with Crippen molar-refractivity contribution in [1.82, 2.24) is 4.98 Å². The number of nitrogens with zero attached hydrogens (tertiary/aromatic N) is 2. The number of amides is 1. The lowest BCUT2D eigenvalue weighted by Gasteiger charge is -2.28. The van der Waals surface area contributed by atoms with Crippen LogP contribution in [0.1, 0.15) is 26.3 Å². The maximum atomic E-state index is 14.3. The molecule has 0 bridgehead atoms. The number of carbonyl (C=O) groups excluding carboxylic acids is 2. The fourth-order valence-corrected chi connectivity index (χ4v) is 4.06. The number of ketones is 1. The van der Waals surface area contributed by atoms with Gasteiger partial charge in [-0.2, -0.15) is 0 Å². The van der Waals surface area contributed by atoms with Crippen LogP contribution in [0.25, 0.3) is 10.9 Å². The van der Waals surface area contributed by atoms with E-state index in [0.717, 1.165) is 47.9 Å². The smallest absolute Gasteiger partial charge is 0.258 e. The van der Waals surface area contributed by atoms with Crippen molar-refractivity contribution in [2.75, 3.05) is 36.5 Å². The Bertz CT molecular complexity index is 1430. The lowest BCUT2D eigenvalue weighted by Crippen LogP contribution is -2.36. The molecule has 1 aliphatic rings. The number of fused-ring (bicyclic) bond motifs is 1. The quantitative estimate of drug-likeness (QED) is 0.421. The monoisotopic (exact) mass is 473 g/mol. The van der Waals surface area contributed by atoms with Crippen LogP contribution < -0.4 is 10.2 Å². The van der Waals surface area contributed by atoms with Gasteiger partial charge in [0.25, 0.3) is 5.91 Å². The summed E-state index contributed by atoms with van der Waals surface area (Å²) in [6.07, 6.45) is 1.80. The minimum atomic E-state index is -0.737. The van der Waals surface area contributed by atoms with Gasteiger partial charge in [-0.15, -0.1) is 0 Å². The van der Waals surface area contributed by atoms with E-state index < -0.39 is 23.3 Å². The first-order valence-corrected chi connectivity index (χ1v) is 11.1. The molecular formula is C27H21F2N3O3. The number of aromatic nitrogens is 1. The van der Waals surface area contributed by atoms with Crippen LogP contribution in [0.2, 0.25) is 0 Å². The number of ether oxygens (including phenoxy) is 1. The van der Waals surface area contributed by atoms with Gasteiger partial charge in [-0.05, 0) is 54.6 Å². The largest absolute Gasteiger partial charge is 0.378 e. The van der Waals surface area contributed by atoms with E-state index >= 15 is 0 Å². The topological polar surface area (TPSA) is 71.5 Å². The van der Waals surface area contributed by atoms with Gasteiger partial charge in [0.2, 0.25) is 0 Å². The second kappa shape index (κ2) is 9.60. The number of anilines is 2. The molecular weight excluding hydrogens is 452 g/mol. The lowest BCUT2D eigenvalue weighted by molar-refractivity contribution is 0.101. The molecule has 35 heavy (non-hydrogen) atoms. The zero-order chi connectivity index (χ0) is 24.4. The van der Waals surface area contributed by atoms with Gasteiger partial charge in [-0.1, -0.05) is 12.1 Å². The Morgan fingerprint density at radius 3 is 2.51 bits per heavy atom. The summed E-state index contributed by atoms with van der Waals surface area (Å²) in [4.78, 5) is 32.3. The zero-order valence-electron chi connectivity index (χ0n) is 18.6. The normalized spacial score (nSPS) is 13.6. The van der Waals surface area contributed by atoms with Gasteiger partial charge in [-0.3, -0.25) is 14.6 Å². The third-order valence-corrected chi connectivity index (χ3v) is 5.84. The van der Waals surface area contributed by atoms with E-state index in [0.29, 0.717) is 18.8 Å². The van der Waals surface area contributed by atoms with Crippen molar-refractivity contribution < 1.29 is 23.1 Å². The minimum absolute atomic E-state index is 0.0543. The summed E-state index contributed by atoms with van der Waals surface area (Å²) in [5, 5.41) is 3.24. The third kappa shape index (κ3) is 4.88. The number of hydrogen-bond acceptors (Lipinski definition) is 5. The van der Waals surface area contributed by atoms with Crippen LogP contribution in [0.4, 0.5) is 20.2 Å². The molecule has 8 heteroatoms. The van der Waals surface area contributed by atoms with Gasteiger partial charge >= 0.3 is 0 Å². The van der Waals surface area contributed by atoms with E-state index in [4.69, 9.17) is 4.74 Å². The summed E-state index contributed by atoms with van der Waals surface area (Å²) in [5.41, 5.74) is 1.97. The summed E-state index contributed by atoms with van der Waals surface area (Å²) >= 11 is 0. The molecule has 0 aliphatic carbocycles. The van der Waals surface area contributed by atoms with E-state index in [2.05, 4.69) is 15.2 Å². The minimum Gasteiger partial charge on any atom is -0.378 e. The first-order chi connectivity index (χ1) is 17.0. The Morgan fingerprint density at radius 1 is 0.914 bits per heavy atom. The number of pyridine rings is 1. The first kappa shape index (κ1) is 22.6. The highest BCUT2D eigenvalue weighted by Gasteiger charge is 2.17. The van der Waals surface area contributed by atoms with E-state index in [1.54, 1.807) is 24.4 Å². The molecule has 176 valence electrons. The van der Waals surface area contributed by atoms with Crippen molar-refractivity contribution in [3.8, 4) is 0 Å². The molecule has 1 saturated heterocycles. The fourth-order valence-electron chi connectivity index (χ4n) is 4.06. The Labute approximate surface area is 200 Å². The molecule has 0 saturated carbocycles. The molecule has 0 spiro atoms. The highest BCUT2D eigenvalue weighted by molar-refractivity contribution is 6.12. The van der Waals surface area contributed by atoms with E-state index in [1.807, 2.05) is 6.07 Å². The second-order valence-electron chi connectivity index (χ2n) is 8.19. The van der Waals surface area contributed by atoms with Crippen molar-refractivity contribution in [2.45, 2.75) is 0 Å². The van der Waals surface area contributed by atoms with Crippen LogP contribution in [-0.2, 0) is 4.74 Å². The summed E-state index contributed by atoms with van der Waals surface area (Å²) < 4.78 is 33.7. The van der Waals surface area contributed by atoms with Crippen LogP contribution in [0.3, 0.4) is 0 Å². The molecule has 1 aromatic heterocycles. The average Bonchev–Trinajstić information content (AvgIpc) is 2.88. The maximum Gasteiger partial charge on any atom is 0.258 e. The molecule has 3 aromatic carbocycles. The van der Waals surface area contributed by atoms with Gasteiger partial charge in [0.05, 0.1) is 36.2 Å². The third-order valence-electron chi connectivity index (χ3n) is 5.84. The van der Waals surface area contributed by atoms with Crippen molar-refractivity contribution in [3.63, 3.8) is 0 Å². The number of carbonyl (C=O) groups is 2. The highest BCUT2D eigenvalue weighted by atomic mass is 19.1. The number of morpholine rings is 1. The summed E-state index contributed by atoms with van der Waals surface area (Å²) in [5.74, 6) is -2.54. The van der Waals surface area contributed by atoms with Crippen LogP contribution in [0.15, 0.2) is 72.9 Å². The number of nitrogens with one attached hydrogen (secondary N) is 1. The molecule has 0 unspecified atom stereocenters. The van der Waals surface area contributed by atoms with E-state index in [1.165, 1.54) is 24.3 Å². The molecule has 0 atom stereocenters. The summed E-state index contributed by atoms with van der Waals surface area (Å²) in [6.45, 7) is 2.81. The molecule has 1 amide bonds. The number of halogens is 2. The van der Waals surface area contributed by atoms with Gasteiger partial charge in [0, 0.05) is 35.3 Å². The molecule has 0 radical (unpaired) electrons. The first-order valence-electron chi connectivity index (χ1n) is 11.1. The van der Waals surface area contributed by atoms with Crippen LogP contribution in [0, 0.1) is 11.6 Å². The zero-order valence-corrected chi connectivity index (χ0v) is 18.6. The molecule has 5 rings (SSSR count). The van der Waals surface area contributed by atoms with Crippen molar-refractivity contribution in [3.05, 3.63) is 101 Å². The van der Waals surface area contributed by atoms with Crippen molar-refractivity contribution in [1.29, 1.82) is 0 Å². The predicted octanol–water partition coefficient (Wildman–Crippen LogP) is 4.83. The Morgan fingerprint density at radius 2 is 1.71 bits per heavy atom. The predicted molar refractivity (Wildman–Crippen MR) is 129 cm³/mol. The molecule has 4 aromatic rings. The van der Waals surface area contributed by atoms with Crippen LogP contribution in [-0.4, -0.2) is 43.0 Å². The molecule has 2 heterocycles. The second-order valence-corrected chi connectivity index (χ2v) is 8.19. The SMILES string of the molecule is O=C(c1cc(F)cc(NC(=O)c2ccccc2F)c1)c1ccc2ncc(N3CCOCC3)cc2c1. The summed E-state index contributed by atoms with van der Waals surface area (Å²) in [7, 11) is 0. The molecule has 1 fully saturated rings. The van der Waals surface area contributed by atoms with Gasteiger partial charge in [-0.25, -0.2) is 8.78 Å². The van der Waals surface area contributed by atoms with Crippen LogP contribution >= 0.6 is 0 Å². The van der Waals surface area contributed by atoms with Crippen molar-refractivity contribution in [2.24, 2.45) is 0 Å². The van der Waals surface area contributed by atoms with Gasteiger partial charge in [0.15, 0.2) is 5.78 Å². The average molecular weight is 473 g/mol. The number of benzene rings is 3. The summed E-state index contributed by atoms with van der Waals surface area (Å²) in [6, 6.07) is 16.1. The van der Waals surface area contributed by atoms with Crippen LogP contribution in [0.5, 0.6) is 0 Å².